The zero-order chi connectivity index (χ0) is 24.9. The van der Waals surface area contributed by atoms with Gasteiger partial charge in [0, 0.05) is 21.8 Å². The molecule has 0 bridgehead atoms. The van der Waals surface area contributed by atoms with Crippen molar-refractivity contribution in [2.45, 2.75) is 6.61 Å². The molecule has 0 aliphatic rings. The zero-order valence-corrected chi connectivity index (χ0v) is 20.5. The first kappa shape index (κ1) is 23.5. The Labute approximate surface area is 217 Å². The first-order valence-corrected chi connectivity index (χ1v) is 11.9. The van der Waals surface area contributed by atoms with Crippen LogP contribution in [0.15, 0.2) is 101 Å². The number of nitrogens with zero attached hydrogens (tertiary/aromatic N) is 1. The fourth-order valence-corrected chi connectivity index (χ4v) is 3.90. The third-order valence-corrected chi connectivity index (χ3v) is 5.75. The Hall–Kier alpha value is -4.20. The summed E-state index contributed by atoms with van der Waals surface area (Å²) in [6, 6.07) is 29.5. The molecule has 0 saturated carbocycles. The summed E-state index contributed by atoms with van der Waals surface area (Å²) in [5.74, 6) is 0.755. The van der Waals surface area contributed by atoms with Gasteiger partial charge in [-0.15, -0.1) is 0 Å². The second kappa shape index (κ2) is 10.6. The Balaban J connectivity index is 1.18. The summed E-state index contributed by atoms with van der Waals surface area (Å²) >= 11 is 11.3. The summed E-state index contributed by atoms with van der Waals surface area (Å²) in [6.07, 6.45) is 0. The molecular weight excluding hydrogens is 494 g/mol. The monoisotopic (exact) mass is 513 g/mol. The van der Waals surface area contributed by atoms with Crippen LogP contribution in [0.4, 0.5) is 5.69 Å². The summed E-state index contributed by atoms with van der Waals surface area (Å²) in [5, 5.41) is 6.50. The van der Waals surface area contributed by atoms with Crippen LogP contribution in [0.25, 0.3) is 22.6 Å². The Morgan fingerprint density at radius 2 is 1.75 bits per heavy atom. The largest absolute Gasteiger partial charge is 0.489 e. The van der Waals surface area contributed by atoms with Crippen LogP contribution in [0.1, 0.15) is 15.9 Å². The van der Waals surface area contributed by atoms with Crippen LogP contribution < -0.4 is 15.4 Å². The van der Waals surface area contributed by atoms with E-state index in [1.807, 2.05) is 60.7 Å². The summed E-state index contributed by atoms with van der Waals surface area (Å²) in [6.45, 7) is 0.416. The number of anilines is 1. The van der Waals surface area contributed by atoms with Crippen LogP contribution in [-0.4, -0.2) is 16.0 Å². The van der Waals surface area contributed by atoms with Crippen molar-refractivity contribution >= 4 is 51.6 Å². The number of fused-ring (bicyclic) bond motifs is 1. The second-order valence-electron chi connectivity index (χ2n) is 7.92. The van der Waals surface area contributed by atoms with Gasteiger partial charge in [-0.2, -0.15) is 0 Å². The molecule has 0 aliphatic heterocycles. The number of halogens is 1. The van der Waals surface area contributed by atoms with Crippen LogP contribution in [0.3, 0.4) is 0 Å². The number of ether oxygens (including phenoxy) is 1. The average molecular weight is 514 g/mol. The summed E-state index contributed by atoms with van der Waals surface area (Å²) in [7, 11) is 0. The van der Waals surface area contributed by atoms with Gasteiger partial charge in [0.05, 0.1) is 0 Å². The minimum absolute atomic E-state index is 0.180. The van der Waals surface area contributed by atoms with Gasteiger partial charge in [-0.3, -0.25) is 10.1 Å². The maximum absolute atomic E-state index is 12.7. The Bertz CT molecular complexity index is 1540. The highest BCUT2D eigenvalue weighted by Crippen LogP contribution is 2.27. The second-order valence-corrected chi connectivity index (χ2v) is 8.76. The molecule has 0 saturated heterocycles. The van der Waals surface area contributed by atoms with Crippen molar-refractivity contribution in [3.8, 4) is 17.2 Å². The molecule has 4 aromatic carbocycles. The number of nitrogens with one attached hydrogen (secondary N) is 2. The van der Waals surface area contributed by atoms with Gasteiger partial charge >= 0.3 is 0 Å². The van der Waals surface area contributed by atoms with Crippen LogP contribution >= 0.6 is 23.8 Å². The smallest absolute Gasteiger partial charge is 0.257 e. The van der Waals surface area contributed by atoms with Crippen molar-refractivity contribution in [3.05, 3.63) is 113 Å². The molecule has 5 aromatic rings. The predicted molar refractivity (Wildman–Crippen MR) is 145 cm³/mol. The number of oxazole rings is 1. The molecule has 1 heterocycles. The first-order chi connectivity index (χ1) is 17.5. The summed E-state index contributed by atoms with van der Waals surface area (Å²) in [5.41, 5.74) is 4.35. The molecule has 0 unspecified atom stereocenters. The van der Waals surface area contributed by atoms with Crippen LogP contribution in [0.2, 0.25) is 5.02 Å². The molecule has 1 amide bonds. The highest BCUT2D eigenvalue weighted by molar-refractivity contribution is 7.80. The van der Waals surface area contributed by atoms with E-state index in [1.54, 1.807) is 36.4 Å². The number of rotatable bonds is 6. The van der Waals surface area contributed by atoms with E-state index in [0.717, 1.165) is 11.1 Å². The van der Waals surface area contributed by atoms with Gasteiger partial charge in [0.1, 0.15) is 17.9 Å². The van der Waals surface area contributed by atoms with E-state index in [-0.39, 0.29) is 11.0 Å². The van der Waals surface area contributed by atoms with Crippen molar-refractivity contribution in [1.82, 2.24) is 10.3 Å². The van der Waals surface area contributed by atoms with E-state index in [1.165, 1.54) is 0 Å². The lowest BCUT2D eigenvalue weighted by Crippen LogP contribution is -2.34. The number of hydrogen-bond acceptors (Lipinski definition) is 5. The Kier molecular flexibility index (Phi) is 6.93. The molecule has 5 rings (SSSR count). The normalized spacial score (nSPS) is 10.7. The fourth-order valence-electron chi connectivity index (χ4n) is 3.53. The predicted octanol–water partition coefficient (Wildman–Crippen LogP) is 6.85. The van der Waals surface area contributed by atoms with E-state index < -0.39 is 0 Å². The minimum Gasteiger partial charge on any atom is -0.489 e. The number of benzene rings is 4. The SMILES string of the molecule is O=C(NC(=S)Nc1ccc(-c2nc3cc(Cl)ccc3o2)cc1)c1cccc(OCc2ccccc2)c1. The molecule has 0 radical (unpaired) electrons. The Morgan fingerprint density at radius 1 is 0.944 bits per heavy atom. The molecule has 6 nitrogen and oxygen atoms in total. The van der Waals surface area contributed by atoms with Gasteiger partial charge in [0.15, 0.2) is 10.7 Å². The third kappa shape index (κ3) is 5.71. The molecular formula is C28H20ClN3O3S. The van der Waals surface area contributed by atoms with E-state index in [9.17, 15) is 4.79 Å². The average Bonchev–Trinajstić information content (AvgIpc) is 3.32. The lowest BCUT2D eigenvalue weighted by molar-refractivity contribution is 0.0977. The number of carbonyl (C=O) groups is 1. The van der Waals surface area contributed by atoms with Crippen LogP contribution in [0, 0.1) is 0 Å². The van der Waals surface area contributed by atoms with Crippen molar-refractivity contribution < 1.29 is 13.9 Å². The topological polar surface area (TPSA) is 76.4 Å². The zero-order valence-electron chi connectivity index (χ0n) is 18.9. The minimum atomic E-state index is -0.334. The molecule has 0 atom stereocenters. The molecule has 178 valence electrons. The highest BCUT2D eigenvalue weighted by atomic mass is 35.5. The van der Waals surface area contributed by atoms with E-state index in [0.29, 0.717) is 45.6 Å². The molecule has 1 aromatic heterocycles. The molecule has 36 heavy (non-hydrogen) atoms. The van der Waals surface area contributed by atoms with Crippen molar-refractivity contribution in [2.75, 3.05) is 5.32 Å². The van der Waals surface area contributed by atoms with Crippen molar-refractivity contribution in [1.29, 1.82) is 0 Å². The molecule has 0 fully saturated rings. The quantitative estimate of drug-likeness (QED) is 0.242. The number of thiocarbonyl (C=S) groups is 1. The summed E-state index contributed by atoms with van der Waals surface area (Å²) < 4.78 is 11.6. The number of hydrogen-bond donors (Lipinski definition) is 2. The molecule has 2 N–H and O–H groups in total. The summed E-state index contributed by atoms with van der Waals surface area (Å²) in [4.78, 5) is 17.2. The maximum atomic E-state index is 12.7. The van der Waals surface area contributed by atoms with Crippen molar-refractivity contribution in [3.63, 3.8) is 0 Å². The fraction of sp³-hybridized carbons (Fsp3) is 0.0357. The lowest BCUT2D eigenvalue weighted by atomic mass is 10.2. The van der Waals surface area contributed by atoms with E-state index in [2.05, 4.69) is 15.6 Å². The van der Waals surface area contributed by atoms with Gasteiger partial charge in [0.2, 0.25) is 5.89 Å². The van der Waals surface area contributed by atoms with Gasteiger partial charge in [-0.05, 0) is 78.4 Å². The number of amides is 1. The molecule has 0 aliphatic carbocycles. The Morgan fingerprint density at radius 3 is 2.56 bits per heavy atom. The standard InChI is InChI=1S/C28H20ClN3O3S/c29-21-11-14-25-24(16-21)31-27(35-25)19-9-12-22(13-10-19)30-28(36)32-26(33)20-7-4-8-23(15-20)34-17-18-5-2-1-3-6-18/h1-16H,17H2,(H2,30,32,33,36). The van der Waals surface area contributed by atoms with Gasteiger partial charge in [-0.25, -0.2) is 4.98 Å². The third-order valence-electron chi connectivity index (χ3n) is 5.31. The van der Waals surface area contributed by atoms with Crippen LogP contribution in [0.5, 0.6) is 5.75 Å². The maximum Gasteiger partial charge on any atom is 0.257 e. The van der Waals surface area contributed by atoms with E-state index in [4.69, 9.17) is 33.0 Å². The number of carbonyl (C=O) groups excluding carboxylic acids is 1. The lowest BCUT2D eigenvalue weighted by Gasteiger charge is -2.11. The molecule has 8 heteroatoms. The first-order valence-electron chi connectivity index (χ1n) is 11.1. The van der Waals surface area contributed by atoms with Crippen LogP contribution in [-0.2, 0) is 6.61 Å². The van der Waals surface area contributed by atoms with Gasteiger partial charge < -0.3 is 14.5 Å². The molecule has 0 spiro atoms. The van der Waals surface area contributed by atoms with Crippen molar-refractivity contribution in [2.24, 2.45) is 0 Å². The van der Waals surface area contributed by atoms with E-state index >= 15 is 0 Å². The van der Waals surface area contributed by atoms with Gasteiger partial charge in [0.25, 0.3) is 5.91 Å². The van der Waals surface area contributed by atoms with Gasteiger partial charge in [-0.1, -0.05) is 48.0 Å². The highest BCUT2D eigenvalue weighted by Gasteiger charge is 2.11. The number of aromatic nitrogens is 1.